The number of aromatic nitrogens is 2. The van der Waals surface area contributed by atoms with E-state index in [4.69, 9.17) is 4.74 Å². The number of ether oxygens (including phenoxy) is 1. The Kier molecular flexibility index (Phi) is 8.67. The van der Waals surface area contributed by atoms with Crippen LogP contribution in [0.4, 0.5) is 0 Å². The molecule has 0 aliphatic heterocycles. The maximum Gasteiger partial charge on any atom is 0.280 e. The van der Waals surface area contributed by atoms with E-state index in [-0.39, 0.29) is 23.0 Å². The fourth-order valence-electron chi connectivity index (χ4n) is 4.33. The molecule has 0 aliphatic rings. The van der Waals surface area contributed by atoms with Crippen molar-refractivity contribution in [3.05, 3.63) is 78.6 Å². The van der Waals surface area contributed by atoms with E-state index >= 15 is 0 Å². The molecule has 0 spiro atoms. The Morgan fingerprint density at radius 3 is 2.31 bits per heavy atom. The van der Waals surface area contributed by atoms with Gasteiger partial charge >= 0.3 is 0 Å². The fourth-order valence-corrected chi connectivity index (χ4v) is 5.74. The first-order valence-electron chi connectivity index (χ1n) is 11.6. The van der Waals surface area contributed by atoms with Crippen LogP contribution in [-0.2, 0) is 10.2 Å². The molecule has 3 aromatic rings. The Balaban J connectivity index is 1.64. The van der Waals surface area contributed by atoms with Crippen molar-refractivity contribution in [2.24, 2.45) is 10.5 Å². The Bertz CT molecular complexity index is 1300. The Morgan fingerprint density at radius 2 is 1.72 bits per heavy atom. The molecule has 3 rings (SSSR count). The molecule has 0 unspecified atom stereocenters. The van der Waals surface area contributed by atoms with Gasteiger partial charge < -0.3 is 4.74 Å². The van der Waals surface area contributed by atoms with Crippen LogP contribution in [0.25, 0.3) is 5.69 Å². The number of rotatable bonds is 8. The van der Waals surface area contributed by atoms with Crippen LogP contribution in [0.1, 0.15) is 57.9 Å². The summed E-state index contributed by atoms with van der Waals surface area (Å²) in [7, 11) is 0. The topological polar surface area (TPSA) is 88.5 Å². The normalized spacial score (nSPS) is 12.2. The van der Waals surface area contributed by atoms with Crippen molar-refractivity contribution in [3.8, 4) is 11.4 Å². The van der Waals surface area contributed by atoms with Gasteiger partial charge in [0.15, 0.2) is 6.61 Å². The molecule has 2 aromatic carbocycles. The van der Waals surface area contributed by atoms with Crippen molar-refractivity contribution in [1.29, 1.82) is 0 Å². The highest BCUT2D eigenvalue weighted by Gasteiger charge is 2.28. The van der Waals surface area contributed by atoms with Crippen LogP contribution in [0.2, 0.25) is 0 Å². The van der Waals surface area contributed by atoms with Gasteiger partial charge in [-0.3, -0.25) is 14.7 Å². The summed E-state index contributed by atoms with van der Waals surface area (Å²) in [6.07, 6.45) is 2.35. The van der Waals surface area contributed by atoms with E-state index in [9.17, 15) is 9.59 Å². The van der Waals surface area contributed by atoms with Gasteiger partial charge in [-0.25, -0.2) is 10.1 Å². The molecule has 7 nitrogen and oxygen atoms in total. The van der Waals surface area contributed by atoms with E-state index in [0.717, 1.165) is 15.4 Å². The second kappa shape index (κ2) is 11.2. The average Bonchev–Trinajstić information content (AvgIpc) is 3.05. The lowest BCUT2D eigenvalue weighted by Crippen LogP contribution is -2.26. The number of aryl methyl sites for hydroxylation is 1. The molecular formula is C27H32Br2N4O3. The van der Waals surface area contributed by atoms with Crippen LogP contribution < -0.4 is 15.7 Å². The third kappa shape index (κ3) is 6.97. The summed E-state index contributed by atoms with van der Waals surface area (Å²) in [5, 5.41) is 6.97. The molecule has 36 heavy (non-hydrogen) atoms. The van der Waals surface area contributed by atoms with Gasteiger partial charge in [-0.05, 0) is 85.9 Å². The summed E-state index contributed by atoms with van der Waals surface area (Å²) >= 11 is 7.17. The fraction of sp³-hybridized carbons (Fsp3) is 0.370. The molecule has 0 atom stereocenters. The molecule has 0 fully saturated rings. The van der Waals surface area contributed by atoms with Crippen LogP contribution in [0, 0.1) is 12.3 Å². The zero-order valence-electron chi connectivity index (χ0n) is 21.4. The van der Waals surface area contributed by atoms with E-state index < -0.39 is 5.91 Å². The van der Waals surface area contributed by atoms with E-state index in [1.165, 1.54) is 16.5 Å². The first kappa shape index (κ1) is 27.9. The maximum atomic E-state index is 12.7. The molecule has 0 saturated heterocycles. The number of aromatic amines is 1. The predicted octanol–water partition coefficient (Wildman–Crippen LogP) is 6.24. The zero-order valence-corrected chi connectivity index (χ0v) is 24.6. The summed E-state index contributed by atoms with van der Waals surface area (Å²) in [5.74, 6) is 0.0930. The SMILES string of the molecule is Cc1[nH]n(-c2ccccc2)c(=O)c1/C=N/NC(=O)COc1c(Br)cc(C(C)(C)CC(C)(C)C)cc1Br. The Labute approximate surface area is 228 Å². The Morgan fingerprint density at radius 1 is 1.11 bits per heavy atom. The standard InChI is InChI=1S/C27H32Br2N4O3/c1-17-20(25(35)33(32-17)19-10-8-7-9-11-19)14-30-31-23(34)15-36-24-21(28)12-18(13-22(24)29)27(5,6)16-26(2,3)4/h7-14,32H,15-16H2,1-6H3,(H,31,34)/b30-14+. The molecule has 0 aliphatic carbocycles. The van der Waals surface area contributed by atoms with Crippen molar-refractivity contribution < 1.29 is 9.53 Å². The number of hydrazone groups is 1. The van der Waals surface area contributed by atoms with Gasteiger partial charge in [-0.1, -0.05) is 52.8 Å². The first-order chi connectivity index (χ1) is 16.8. The third-order valence-electron chi connectivity index (χ3n) is 5.61. The highest BCUT2D eigenvalue weighted by Crippen LogP contribution is 2.42. The number of hydrogen-bond acceptors (Lipinski definition) is 4. The number of H-pyrrole nitrogens is 1. The van der Waals surface area contributed by atoms with Crippen LogP contribution >= 0.6 is 31.9 Å². The van der Waals surface area contributed by atoms with Crippen LogP contribution in [0.15, 0.2) is 61.3 Å². The lowest BCUT2D eigenvalue weighted by molar-refractivity contribution is -0.123. The lowest BCUT2D eigenvalue weighted by Gasteiger charge is -2.33. The van der Waals surface area contributed by atoms with Gasteiger partial charge in [0.25, 0.3) is 11.5 Å². The number of carbonyl (C=O) groups is 1. The van der Waals surface area contributed by atoms with Crippen molar-refractivity contribution in [2.75, 3.05) is 6.61 Å². The van der Waals surface area contributed by atoms with Gasteiger partial charge in [0, 0.05) is 5.69 Å². The molecule has 0 bridgehead atoms. The maximum absolute atomic E-state index is 12.7. The number of carbonyl (C=O) groups excluding carboxylic acids is 1. The lowest BCUT2D eigenvalue weighted by atomic mass is 9.72. The smallest absolute Gasteiger partial charge is 0.280 e. The van der Waals surface area contributed by atoms with Gasteiger partial charge in [0.1, 0.15) is 5.75 Å². The molecule has 1 aromatic heterocycles. The third-order valence-corrected chi connectivity index (χ3v) is 6.79. The van der Waals surface area contributed by atoms with E-state index in [2.05, 4.69) is 82.1 Å². The van der Waals surface area contributed by atoms with Crippen molar-refractivity contribution in [3.63, 3.8) is 0 Å². The number of halogens is 2. The number of nitrogens with zero attached hydrogens (tertiary/aromatic N) is 2. The molecular weight excluding hydrogens is 588 g/mol. The number of amides is 1. The number of benzene rings is 2. The number of para-hydroxylation sites is 1. The minimum Gasteiger partial charge on any atom is -0.481 e. The van der Waals surface area contributed by atoms with Gasteiger partial charge in [-0.15, -0.1) is 0 Å². The number of nitrogens with one attached hydrogen (secondary N) is 2. The molecule has 1 amide bonds. The van der Waals surface area contributed by atoms with Crippen molar-refractivity contribution in [1.82, 2.24) is 15.2 Å². The van der Waals surface area contributed by atoms with Crippen molar-refractivity contribution >= 4 is 44.0 Å². The summed E-state index contributed by atoms with van der Waals surface area (Å²) in [4.78, 5) is 25.1. The minimum absolute atomic E-state index is 0.0383. The zero-order chi connectivity index (χ0) is 26.7. The highest BCUT2D eigenvalue weighted by atomic mass is 79.9. The van der Waals surface area contributed by atoms with E-state index in [1.807, 2.05) is 42.5 Å². The predicted molar refractivity (Wildman–Crippen MR) is 151 cm³/mol. The van der Waals surface area contributed by atoms with Crippen LogP contribution in [0.3, 0.4) is 0 Å². The second-order valence-corrected chi connectivity index (χ2v) is 12.3. The molecule has 0 radical (unpaired) electrons. The van der Waals surface area contributed by atoms with Crippen LogP contribution in [0.5, 0.6) is 5.75 Å². The average molecular weight is 620 g/mol. The van der Waals surface area contributed by atoms with Gasteiger partial charge in [0.05, 0.1) is 26.4 Å². The minimum atomic E-state index is -0.446. The number of hydrogen-bond donors (Lipinski definition) is 2. The quantitative estimate of drug-likeness (QED) is 0.231. The molecule has 2 N–H and O–H groups in total. The molecule has 1 heterocycles. The van der Waals surface area contributed by atoms with Crippen LogP contribution in [-0.4, -0.2) is 28.5 Å². The molecule has 0 saturated carbocycles. The summed E-state index contributed by atoms with van der Waals surface area (Å²) in [6.45, 7) is 12.7. The summed E-state index contributed by atoms with van der Waals surface area (Å²) in [6, 6.07) is 13.3. The monoisotopic (exact) mass is 618 g/mol. The molecule has 192 valence electrons. The largest absolute Gasteiger partial charge is 0.481 e. The van der Waals surface area contributed by atoms with Gasteiger partial charge in [-0.2, -0.15) is 5.10 Å². The first-order valence-corrected chi connectivity index (χ1v) is 13.2. The van der Waals surface area contributed by atoms with Crippen molar-refractivity contribution in [2.45, 2.75) is 53.4 Å². The summed E-state index contributed by atoms with van der Waals surface area (Å²) < 4.78 is 8.71. The highest BCUT2D eigenvalue weighted by molar-refractivity contribution is 9.11. The van der Waals surface area contributed by atoms with Gasteiger partial charge in [0.2, 0.25) is 0 Å². The molecule has 9 heteroatoms. The van der Waals surface area contributed by atoms with E-state index in [0.29, 0.717) is 22.7 Å². The Hall–Kier alpha value is -2.65. The second-order valence-electron chi connectivity index (χ2n) is 10.6. The summed E-state index contributed by atoms with van der Waals surface area (Å²) in [5.41, 5.74) is 5.19. The van der Waals surface area contributed by atoms with E-state index in [1.54, 1.807) is 6.92 Å².